The van der Waals surface area contributed by atoms with Gasteiger partial charge in [-0.1, -0.05) is 18.2 Å². The maximum atomic E-state index is 11.7. The van der Waals surface area contributed by atoms with Crippen LogP contribution in [0.3, 0.4) is 0 Å². The summed E-state index contributed by atoms with van der Waals surface area (Å²) in [5.74, 6) is 0.587. The van der Waals surface area contributed by atoms with E-state index >= 15 is 0 Å². The Morgan fingerprint density at radius 2 is 1.95 bits per heavy atom. The molecule has 0 amide bonds. The maximum absolute atomic E-state index is 11.7. The van der Waals surface area contributed by atoms with Crippen molar-refractivity contribution in [2.24, 2.45) is 0 Å². The number of rotatable bonds is 4. The Morgan fingerprint density at radius 1 is 1.20 bits per heavy atom. The van der Waals surface area contributed by atoms with Gasteiger partial charge in [0.05, 0.1) is 10.6 Å². The normalized spacial score (nSPS) is 14.3. The first kappa shape index (κ1) is 13.2. The van der Waals surface area contributed by atoms with Crippen LogP contribution in [0.1, 0.15) is 58.2 Å². The fourth-order valence-corrected chi connectivity index (χ4v) is 3.27. The van der Waals surface area contributed by atoms with Crippen molar-refractivity contribution in [3.8, 4) is 11.3 Å². The van der Waals surface area contributed by atoms with E-state index in [-0.39, 0.29) is 11.6 Å². The highest BCUT2D eigenvalue weighted by Crippen LogP contribution is 2.47. The van der Waals surface area contributed by atoms with Crippen LogP contribution in [-0.2, 0) is 0 Å². The molecule has 0 bridgehead atoms. The summed E-state index contributed by atoms with van der Waals surface area (Å²) >= 11 is 1.28. The van der Waals surface area contributed by atoms with Gasteiger partial charge < -0.3 is 0 Å². The zero-order valence-electron chi connectivity index (χ0n) is 11.5. The molecule has 1 fully saturated rings. The van der Waals surface area contributed by atoms with E-state index in [0.717, 1.165) is 34.5 Å². The molecule has 0 radical (unpaired) electrons. The van der Waals surface area contributed by atoms with Crippen LogP contribution in [0.25, 0.3) is 11.3 Å². The van der Waals surface area contributed by atoms with Crippen molar-refractivity contribution in [1.82, 2.24) is 4.37 Å². The minimum absolute atomic E-state index is 0.0434. The third kappa shape index (κ3) is 2.31. The standard InChI is InChI=1S/C16H15NO2S/c1-9(18)12-4-3-5-13(8-12)15-14(11-6-7-11)16(10(2)19)20-17-15/h3-5,8,11H,6-7H2,1-2H3. The number of hydrogen-bond acceptors (Lipinski definition) is 4. The van der Waals surface area contributed by atoms with Crippen LogP contribution in [0.5, 0.6) is 0 Å². The molecule has 0 unspecified atom stereocenters. The summed E-state index contributed by atoms with van der Waals surface area (Å²) in [6.07, 6.45) is 2.25. The molecule has 1 aromatic carbocycles. The first-order valence-corrected chi connectivity index (χ1v) is 7.47. The summed E-state index contributed by atoms with van der Waals surface area (Å²) in [6, 6.07) is 7.50. The van der Waals surface area contributed by atoms with Gasteiger partial charge in [-0.2, -0.15) is 4.37 Å². The van der Waals surface area contributed by atoms with E-state index in [0.29, 0.717) is 11.5 Å². The molecule has 0 N–H and O–H groups in total. The molecule has 1 aliphatic rings. The molecule has 0 atom stereocenters. The van der Waals surface area contributed by atoms with Crippen LogP contribution >= 0.6 is 11.5 Å². The Bertz CT molecular complexity index is 698. The lowest BCUT2D eigenvalue weighted by molar-refractivity contribution is 0.101. The summed E-state index contributed by atoms with van der Waals surface area (Å²) < 4.78 is 4.48. The van der Waals surface area contributed by atoms with Crippen LogP contribution in [-0.4, -0.2) is 15.9 Å². The highest BCUT2D eigenvalue weighted by atomic mass is 32.1. The van der Waals surface area contributed by atoms with Crippen molar-refractivity contribution in [2.75, 3.05) is 0 Å². The summed E-state index contributed by atoms with van der Waals surface area (Å²) in [4.78, 5) is 24.0. The highest BCUT2D eigenvalue weighted by Gasteiger charge is 2.32. The second-order valence-electron chi connectivity index (χ2n) is 5.24. The Hall–Kier alpha value is -1.81. The predicted molar refractivity (Wildman–Crippen MR) is 79.5 cm³/mol. The van der Waals surface area contributed by atoms with E-state index in [1.165, 1.54) is 11.5 Å². The average Bonchev–Trinajstić information content (AvgIpc) is 3.16. The topological polar surface area (TPSA) is 47.0 Å². The van der Waals surface area contributed by atoms with Crippen LogP contribution in [0.4, 0.5) is 0 Å². The lowest BCUT2D eigenvalue weighted by atomic mass is 9.99. The fourth-order valence-electron chi connectivity index (χ4n) is 2.40. The quantitative estimate of drug-likeness (QED) is 0.795. The number of aromatic nitrogens is 1. The van der Waals surface area contributed by atoms with Gasteiger partial charge in [0.1, 0.15) is 0 Å². The fraction of sp³-hybridized carbons (Fsp3) is 0.312. The molecule has 0 saturated heterocycles. The van der Waals surface area contributed by atoms with Crippen LogP contribution in [0.2, 0.25) is 0 Å². The minimum atomic E-state index is 0.0434. The zero-order valence-corrected chi connectivity index (χ0v) is 12.3. The van der Waals surface area contributed by atoms with Gasteiger partial charge in [0.15, 0.2) is 11.6 Å². The molecule has 0 spiro atoms. The van der Waals surface area contributed by atoms with Crippen molar-refractivity contribution in [2.45, 2.75) is 32.6 Å². The Balaban J connectivity index is 2.12. The van der Waals surface area contributed by atoms with E-state index < -0.39 is 0 Å². The summed E-state index contributed by atoms with van der Waals surface area (Å²) in [5.41, 5.74) is 3.58. The van der Waals surface area contributed by atoms with Gasteiger partial charge in [-0.25, -0.2) is 0 Å². The van der Waals surface area contributed by atoms with Crippen molar-refractivity contribution in [1.29, 1.82) is 0 Å². The largest absolute Gasteiger partial charge is 0.295 e. The average molecular weight is 285 g/mol. The smallest absolute Gasteiger partial charge is 0.171 e. The van der Waals surface area contributed by atoms with Gasteiger partial charge in [-0.05, 0) is 43.3 Å². The number of carbonyl (C=O) groups excluding carboxylic acids is 2. The second kappa shape index (κ2) is 4.94. The molecule has 3 nitrogen and oxygen atoms in total. The van der Waals surface area contributed by atoms with E-state index in [4.69, 9.17) is 0 Å². The van der Waals surface area contributed by atoms with Gasteiger partial charge in [0.25, 0.3) is 0 Å². The number of carbonyl (C=O) groups is 2. The Morgan fingerprint density at radius 3 is 2.55 bits per heavy atom. The Kier molecular flexibility index (Phi) is 3.26. The molecule has 4 heteroatoms. The molecule has 1 aliphatic carbocycles. The first-order valence-electron chi connectivity index (χ1n) is 6.70. The Labute approximate surface area is 121 Å². The van der Waals surface area contributed by atoms with Crippen molar-refractivity contribution in [3.63, 3.8) is 0 Å². The second-order valence-corrected chi connectivity index (χ2v) is 6.01. The molecular formula is C16H15NO2S. The van der Waals surface area contributed by atoms with E-state index in [1.54, 1.807) is 19.9 Å². The minimum Gasteiger partial charge on any atom is -0.295 e. The molecule has 3 rings (SSSR count). The molecule has 1 heterocycles. The molecule has 0 aliphatic heterocycles. The number of benzene rings is 1. The van der Waals surface area contributed by atoms with Gasteiger partial charge in [-0.15, -0.1) is 0 Å². The van der Waals surface area contributed by atoms with Crippen molar-refractivity contribution in [3.05, 3.63) is 40.3 Å². The van der Waals surface area contributed by atoms with Crippen LogP contribution < -0.4 is 0 Å². The SMILES string of the molecule is CC(=O)c1cccc(-c2nsc(C(C)=O)c2C2CC2)c1. The van der Waals surface area contributed by atoms with Crippen LogP contribution in [0.15, 0.2) is 24.3 Å². The van der Waals surface area contributed by atoms with E-state index in [9.17, 15) is 9.59 Å². The monoisotopic (exact) mass is 285 g/mol. The zero-order chi connectivity index (χ0) is 14.3. The molecule has 102 valence electrons. The predicted octanol–water partition coefficient (Wildman–Crippen LogP) is 4.09. The summed E-state index contributed by atoms with van der Waals surface area (Å²) in [7, 11) is 0. The first-order chi connectivity index (χ1) is 9.58. The lowest BCUT2D eigenvalue weighted by Gasteiger charge is -2.04. The lowest BCUT2D eigenvalue weighted by Crippen LogP contribution is -1.96. The molecule has 20 heavy (non-hydrogen) atoms. The van der Waals surface area contributed by atoms with Crippen LogP contribution in [0, 0.1) is 0 Å². The van der Waals surface area contributed by atoms with Gasteiger partial charge in [-0.3, -0.25) is 9.59 Å². The molecular weight excluding hydrogens is 270 g/mol. The summed E-state index contributed by atoms with van der Waals surface area (Å²) in [6.45, 7) is 3.15. The van der Waals surface area contributed by atoms with Gasteiger partial charge in [0, 0.05) is 23.6 Å². The molecule has 2 aromatic rings. The maximum Gasteiger partial charge on any atom is 0.171 e. The van der Waals surface area contributed by atoms with Gasteiger partial charge >= 0.3 is 0 Å². The molecule has 1 aromatic heterocycles. The third-order valence-electron chi connectivity index (χ3n) is 3.58. The number of nitrogens with zero attached hydrogens (tertiary/aromatic N) is 1. The van der Waals surface area contributed by atoms with Crippen molar-refractivity contribution >= 4 is 23.1 Å². The number of ketones is 2. The third-order valence-corrected chi connectivity index (χ3v) is 4.54. The number of hydrogen-bond donors (Lipinski definition) is 0. The highest BCUT2D eigenvalue weighted by molar-refractivity contribution is 7.08. The number of Topliss-reactive ketones (excluding diaryl/α,β-unsaturated/α-hetero) is 2. The molecule has 1 saturated carbocycles. The summed E-state index contributed by atoms with van der Waals surface area (Å²) in [5, 5.41) is 0. The van der Waals surface area contributed by atoms with Crippen molar-refractivity contribution < 1.29 is 9.59 Å². The van der Waals surface area contributed by atoms with E-state index in [1.807, 2.05) is 18.2 Å². The van der Waals surface area contributed by atoms with E-state index in [2.05, 4.69) is 4.37 Å². The van der Waals surface area contributed by atoms with Gasteiger partial charge in [0.2, 0.25) is 0 Å².